The van der Waals surface area contributed by atoms with Gasteiger partial charge >= 0.3 is 0 Å². The van der Waals surface area contributed by atoms with E-state index in [1.807, 2.05) is 62.5 Å². The maximum Gasteiger partial charge on any atom is 0.258 e. The molecule has 0 radical (unpaired) electrons. The number of fused-ring (bicyclic) bond motifs is 2. The van der Waals surface area contributed by atoms with Gasteiger partial charge in [0.25, 0.3) is 5.91 Å². The zero-order chi connectivity index (χ0) is 23.7. The zero-order valence-electron chi connectivity index (χ0n) is 18.7. The first kappa shape index (κ1) is 22.1. The molecule has 0 spiro atoms. The summed E-state index contributed by atoms with van der Waals surface area (Å²) in [6, 6.07) is 17.7. The molecule has 0 aliphatic rings. The second-order valence-corrected chi connectivity index (χ2v) is 8.75. The second kappa shape index (κ2) is 9.26. The number of furan rings is 1. The van der Waals surface area contributed by atoms with Crippen molar-refractivity contribution in [1.29, 1.82) is 0 Å². The Bertz CT molecular complexity index is 1480. The van der Waals surface area contributed by atoms with Gasteiger partial charge in [0.2, 0.25) is 5.82 Å². The molecule has 0 unspecified atom stereocenters. The number of nitrogens with zero attached hydrogens (tertiary/aromatic N) is 4. The normalized spacial score (nSPS) is 11.3. The maximum atomic E-state index is 13.4. The van der Waals surface area contributed by atoms with E-state index in [0.29, 0.717) is 35.9 Å². The molecule has 0 atom stereocenters. The van der Waals surface area contributed by atoms with Crippen LogP contribution >= 0.6 is 15.9 Å². The SMILES string of the molecule is CCc1oc2ccccc2c1C(=O)N(C)Cc1ccc2c(Br)c(OCc3nn[nH]n3)ccc2c1. The van der Waals surface area contributed by atoms with Gasteiger partial charge in [-0.2, -0.15) is 5.21 Å². The van der Waals surface area contributed by atoms with E-state index in [-0.39, 0.29) is 12.5 Å². The van der Waals surface area contributed by atoms with Crippen LogP contribution in [0.2, 0.25) is 0 Å². The van der Waals surface area contributed by atoms with Gasteiger partial charge in [-0.1, -0.05) is 48.5 Å². The Morgan fingerprint density at radius 2 is 2.00 bits per heavy atom. The standard InChI is InChI=1S/C25H22BrN5O3/c1-3-19-23(18-6-4-5-7-20(18)34-19)25(32)31(2)13-15-8-10-17-16(12-15)9-11-21(24(17)26)33-14-22-27-29-30-28-22/h4-12H,3,13-14H2,1-2H3,(H,27,28,29,30). The Morgan fingerprint density at radius 1 is 1.15 bits per heavy atom. The van der Waals surface area contributed by atoms with E-state index >= 15 is 0 Å². The highest BCUT2D eigenvalue weighted by atomic mass is 79.9. The van der Waals surface area contributed by atoms with E-state index in [1.165, 1.54) is 0 Å². The van der Waals surface area contributed by atoms with Crippen LogP contribution in [0.15, 0.2) is 63.5 Å². The van der Waals surface area contributed by atoms with Crippen molar-refractivity contribution in [3.05, 3.63) is 81.8 Å². The van der Waals surface area contributed by atoms with Gasteiger partial charge in [-0.05, 0) is 50.5 Å². The maximum absolute atomic E-state index is 13.4. The lowest BCUT2D eigenvalue weighted by Gasteiger charge is -2.18. The molecular formula is C25H22BrN5O3. The van der Waals surface area contributed by atoms with Gasteiger partial charge in [-0.25, -0.2) is 0 Å². The molecule has 5 aromatic rings. The van der Waals surface area contributed by atoms with Crippen LogP contribution in [0.4, 0.5) is 0 Å². The summed E-state index contributed by atoms with van der Waals surface area (Å²) >= 11 is 3.65. The average molecular weight is 520 g/mol. The molecule has 0 fully saturated rings. The van der Waals surface area contributed by atoms with E-state index in [4.69, 9.17) is 9.15 Å². The number of hydrogen-bond acceptors (Lipinski definition) is 6. The van der Waals surface area contributed by atoms with Gasteiger partial charge in [-0.3, -0.25) is 4.79 Å². The number of rotatable bonds is 7. The second-order valence-electron chi connectivity index (χ2n) is 7.96. The highest BCUT2D eigenvalue weighted by Gasteiger charge is 2.22. The number of nitrogens with one attached hydrogen (secondary N) is 1. The fourth-order valence-corrected chi connectivity index (χ4v) is 4.64. The summed E-state index contributed by atoms with van der Waals surface area (Å²) in [6.45, 7) is 2.69. The third kappa shape index (κ3) is 4.14. The lowest BCUT2D eigenvalue weighted by molar-refractivity contribution is 0.0784. The Labute approximate surface area is 204 Å². The summed E-state index contributed by atoms with van der Waals surface area (Å²) in [6.07, 6.45) is 0.657. The molecule has 9 heteroatoms. The summed E-state index contributed by atoms with van der Waals surface area (Å²) in [5, 5.41) is 16.6. The number of hydrogen-bond donors (Lipinski definition) is 1. The van der Waals surface area contributed by atoms with Crippen molar-refractivity contribution >= 4 is 43.6 Å². The van der Waals surface area contributed by atoms with Crippen LogP contribution in [0.25, 0.3) is 21.7 Å². The number of aromatic amines is 1. The van der Waals surface area contributed by atoms with Crippen molar-refractivity contribution in [2.45, 2.75) is 26.5 Å². The number of carbonyl (C=O) groups excluding carboxylic acids is 1. The Balaban J connectivity index is 1.36. The molecule has 0 saturated carbocycles. The summed E-state index contributed by atoms with van der Waals surface area (Å²) < 4.78 is 12.6. The highest BCUT2D eigenvalue weighted by molar-refractivity contribution is 9.10. The van der Waals surface area contributed by atoms with Crippen molar-refractivity contribution in [1.82, 2.24) is 25.5 Å². The number of benzene rings is 3. The molecular weight excluding hydrogens is 498 g/mol. The van der Waals surface area contributed by atoms with Crippen LogP contribution in [0.1, 0.15) is 34.4 Å². The summed E-state index contributed by atoms with van der Waals surface area (Å²) in [5.74, 6) is 1.84. The molecule has 1 N–H and O–H groups in total. The number of tetrazole rings is 1. The molecule has 2 aromatic heterocycles. The smallest absolute Gasteiger partial charge is 0.258 e. The fraction of sp³-hybridized carbons (Fsp3) is 0.200. The predicted molar refractivity (Wildman–Crippen MR) is 132 cm³/mol. The number of para-hydroxylation sites is 1. The quantitative estimate of drug-likeness (QED) is 0.314. The first-order chi connectivity index (χ1) is 16.5. The molecule has 3 aromatic carbocycles. The minimum Gasteiger partial charge on any atom is -0.484 e. The van der Waals surface area contributed by atoms with E-state index < -0.39 is 0 Å². The Morgan fingerprint density at radius 3 is 2.79 bits per heavy atom. The van der Waals surface area contributed by atoms with Gasteiger partial charge in [0.15, 0.2) is 6.61 Å². The molecule has 34 heavy (non-hydrogen) atoms. The molecule has 0 saturated heterocycles. The largest absolute Gasteiger partial charge is 0.484 e. The van der Waals surface area contributed by atoms with Crippen molar-refractivity contribution in [3.8, 4) is 5.75 Å². The summed E-state index contributed by atoms with van der Waals surface area (Å²) in [4.78, 5) is 15.1. The lowest BCUT2D eigenvalue weighted by Crippen LogP contribution is -2.26. The number of ether oxygens (including phenoxy) is 1. The first-order valence-corrected chi connectivity index (χ1v) is 11.7. The number of halogens is 1. The molecule has 0 aliphatic heterocycles. The van der Waals surface area contributed by atoms with Gasteiger partial charge < -0.3 is 14.1 Å². The van der Waals surface area contributed by atoms with Gasteiger partial charge in [0.05, 0.1) is 10.0 Å². The van der Waals surface area contributed by atoms with Crippen molar-refractivity contribution < 1.29 is 13.9 Å². The average Bonchev–Trinajstić information content (AvgIpc) is 3.50. The van der Waals surface area contributed by atoms with Crippen LogP contribution in [0.5, 0.6) is 5.75 Å². The molecule has 8 nitrogen and oxygen atoms in total. The van der Waals surface area contributed by atoms with Crippen molar-refractivity contribution in [3.63, 3.8) is 0 Å². The summed E-state index contributed by atoms with van der Waals surface area (Å²) in [5.41, 5.74) is 2.41. The van der Waals surface area contributed by atoms with E-state index in [2.05, 4.69) is 42.6 Å². The number of aryl methyl sites for hydroxylation is 1. The van der Waals surface area contributed by atoms with Crippen molar-refractivity contribution in [2.75, 3.05) is 7.05 Å². The number of H-pyrrole nitrogens is 1. The van der Waals surface area contributed by atoms with E-state index in [9.17, 15) is 4.79 Å². The van der Waals surface area contributed by atoms with Crippen LogP contribution in [-0.4, -0.2) is 38.5 Å². The van der Waals surface area contributed by atoms with E-state index in [0.717, 1.165) is 31.8 Å². The first-order valence-electron chi connectivity index (χ1n) is 10.9. The molecule has 1 amide bonds. The number of amides is 1. The molecule has 172 valence electrons. The summed E-state index contributed by atoms with van der Waals surface area (Å²) in [7, 11) is 1.82. The van der Waals surface area contributed by atoms with Crippen LogP contribution in [0.3, 0.4) is 0 Å². The Hall–Kier alpha value is -3.72. The molecule has 5 rings (SSSR count). The predicted octanol–water partition coefficient (Wildman–Crippen LogP) is 5.28. The fourth-order valence-electron chi connectivity index (χ4n) is 4.03. The van der Waals surface area contributed by atoms with Gasteiger partial charge in [0.1, 0.15) is 17.1 Å². The molecule has 0 aliphatic carbocycles. The van der Waals surface area contributed by atoms with Gasteiger partial charge in [0, 0.05) is 25.4 Å². The molecule has 2 heterocycles. The minimum atomic E-state index is -0.0479. The monoisotopic (exact) mass is 519 g/mol. The minimum absolute atomic E-state index is 0.0479. The third-order valence-electron chi connectivity index (χ3n) is 5.70. The van der Waals surface area contributed by atoms with Crippen LogP contribution in [0, 0.1) is 0 Å². The Kier molecular flexibility index (Phi) is 6.02. The van der Waals surface area contributed by atoms with Gasteiger partial charge in [-0.15, -0.1) is 10.2 Å². The van der Waals surface area contributed by atoms with Crippen LogP contribution < -0.4 is 4.74 Å². The van der Waals surface area contributed by atoms with E-state index in [1.54, 1.807) is 4.90 Å². The lowest BCUT2D eigenvalue weighted by atomic mass is 10.1. The van der Waals surface area contributed by atoms with Crippen molar-refractivity contribution in [2.24, 2.45) is 0 Å². The number of carbonyl (C=O) groups is 1. The highest BCUT2D eigenvalue weighted by Crippen LogP contribution is 2.34. The molecule has 0 bridgehead atoms. The third-order valence-corrected chi connectivity index (χ3v) is 6.52. The zero-order valence-corrected chi connectivity index (χ0v) is 20.3. The van der Waals surface area contributed by atoms with Crippen LogP contribution in [-0.2, 0) is 19.6 Å². The topological polar surface area (TPSA) is 97.1 Å². The number of aromatic nitrogens is 4.